The minimum absolute atomic E-state index is 0.0155. The smallest absolute Gasteiger partial charge is 0.328 e. The first-order valence-electron chi connectivity index (χ1n) is 31.0. The molecule has 0 saturated carbocycles. The number of benzene rings is 1. The van der Waals surface area contributed by atoms with Crippen LogP contribution in [-0.2, 0) is 78.3 Å². The van der Waals surface area contributed by atoms with Crippen molar-refractivity contribution in [1.29, 1.82) is 0 Å². The molecule has 13 amide bonds. The number of aliphatic hydroxyl groups excluding tert-OH is 2. The number of carboxylic acids is 2. The number of carboxylic acid groups (broad SMARTS) is 2. The molecule has 37 nitrogen and oxygen atoms in total. The molecule has 0 bridgehead atoms. The third kappa shape index (κ3) is 32.4. The molecule has 0 aliphatic rings. The van der Waals surface area contributed by atoms with Gasteiger partial charge in [0.15, 0.2) is 12.0 Å². The van der Waals surface area contributed by atoms with Gasteiger partial charge in [0.05, 0.1) is 37.9 Å². The van der Waals surface area contributed by atoms with Gasteiger partial charge in [-0.1, -0.05) is 60.1 Å². The van der Waals surface area contributed by atoms with Gasteiger partial charge in [-0.3, -0.25) is 72.1 Å². The number of nitrogens with two attached hydrogens (primary N) is 4. The van der Waals surface area contributed by atoms with Crippen molar-refractivity contribution in [1.82, 2.24) is 63.8 Å². The summed E-state index contributed by atoms with van der Waals surface area (Å²) in [6.45, 7) is 10.9. The van der Waals surface area contributed by atoms with Gasteiger partial charge in [0.1, 0.15) is 54.1 Å². The fraction of sp³-hybridized carbons (Fsp3) is 0.627. The minimum Gasteiger partial charge on any atom is -0.508 e. The number of aromatic hydroxyl groups is 1. The summed E-state index contributed by atoms with van der Waals surface area (Å²) in [6, 6.07) is -9.27. The number of amides is 13. The first-order chi connectivity index (χ1) is 44.8. The van der Waals surface area contributed by atoms with Crippen molar-refractivity contribution in [2.45, 2.75) is 193 Å². The normalized spacial score (nSPS) is 15.1. The van der Waals surface area contributed by atoms with E-state index in [1.54, 1.807) is 27.7 Å². The van der Waals surface area contributed by atoms with Crippen molar-refractivity contribution in [2.24, 2.45) is 45.7 Å². The van der Waals surface area contributed by atoms with Crippen molar-refractivity contribution < 1.29 is 97.5 Å². The summed E-state index contributed by atoms with van der Waals surface area (Å²) in [5, 5.41) is 77.3. The number of phenolic OH excluding ortho intramolecular Hbond substituents is 1. The van der Waals surface area contributed by atoms with E-state index in [-0.39, 0.29) is 69.1 Å². The van der Waals surface area contributed by atoms with Gasteiger partial charge >= 0.3 is 11.9 Å². The number of phenols is 1. The Labute approximate surface area is 554 Å². The molecule has 1 aromatic rings. The van der Waals surface area contributed by atoms with Gasteiger partial charge in [0, 0.05) is 25.8 Å². The molecule has 1 rings (SSSR count). The number of hydrogen-bond donors (Lipinski definition) is 21. The molecule has 0 radical (unpaired) electrons. The van der Waals surface area contributed by atoms with Gasteiger partial charge < -0.3 is 112 Å². The van der Waals surface area contributed by atoms with Crippen LogP contribution in [-0.4, -0.2) is 219 Å². The Bertz CT molecular complexity index is 2890. The molecule has 0 heterocycles. The van der Waals surface area contributed by atoms with E-state index >= 15 is 0 Å². The maximum Gasteiger partial charge on any atom is 0.328 e. The summed E-state index contributed by atoms with van der Waals surface area (Å²) >= 11 is 0. The Morgan fingerprint density at radius 3 is 1.51 bits per heavy atom. The maximum absolute atomic E-state index is 14.4. The average Bonchev–Trinajstić information content (AvgIpc) is 0.889. The van der Waals surface area contributed by atoms with E-state index in [0.717, 1.165) is 13.8 Å². The van der Waals surface area contributed by atoms with Crippen molar-refractivity contribution in [3.63, 3.8) is 0 Å². The third-order valence-corrected chi connectivity index (χ3v) is 14.5. The highest BCUT2D eigenvalue weighted by Gasteiger charge is 2.38. The highest BCUT2D eigenvalue weighted by molar-refractivity contribution is 5.99. The van der Waals surface area contributed by atoms with Crippen LogP contribution in [0, 0.1) is 17.8 Å². The predicted molar refractivity (Wildman–Crippen MR) is 342 cm³/mol. The van der Waals surface area contributed by atoms with E-state index in [2.05, 4.69) is 63.5 Å². The van der Waals surface area contributed by atoms with Gasteiger partial charge in [-0.25, -0.2) is 4.79 Å². The zero-order valence-electron chi connectivity index (χ0n) is 55.3. The second kappa shape index (κ2) is 42.5. The number of hydrogen-bond acceptors (Lipinski definition) is 20. The summed E-state index contributed by atoms with van der Waals surface area (Å²) in [4.78, 5) is 200. The second-order valence-electron chi connectivity index (χ2n) is 23.7. The fourth-order valence-corrected chi connectivity index (χ4v) is 8.80. The quantitative estimate of drug-likeness (QED) is 0.0164. The van der Waals surface area contributed by atoms with Gasteiger partial charge in [-0.05, 0) is 88.3 Å². The summed E-state index contributed by atoms with van der Waals surface area (Å²) in [5.41, 5.74) is 22.5. The van der Waals surface area contributed by atoms with Crippen LogP contribution in [0.15, 0.2) is 29.3 Å². The lowest BCUT2D eigenvalue weighted by Gasteiger charge is -2.30. The van der Waals surface area contributed by atoms with Gasteiger partial charge in [0.2, 0.25) is 76.8 Å². The highest BCUT2D eigenvalue weighted by atomic mass is 16.4. The Kier molecular flexibility index (Phi) is 37.3. The third-order valence-electron chi connectivity index (χ3n) is 14.5. The molecule has 0 saturated heterocycles. The largest absolute Gasteiger partial charge is 0.508 e. The van der Waals surface area contributed by atoms with Crippen LogP contribution < -0.4 is 86.7 Å². The lowest BCUT2D eigenvalue weighted by atomic mass is 9.96. The number of rotatable bonds is 44. The fourth-order valence-electron chi connectivity index (χ4n) is 8.80. The Morgan fingerprint density at radius 2 is 0.979 bits per heavy atom. The Balaban J connectivity index is 3.24. The average molecular weight is 1360 g/mol. The number of nitrogens with one attached hydrogen (secondary N) is 12. The Hall–Kier alpha value is -9.78. The maximum atomic E-state index is 14.4. The van der Waals surface area contributed by atoms with Crippen LogP contribution in [0.3, 0.4) is 0 Å². The number of nitrogens with zero attached hydrogens (tertiary/aromatic N) is 1. The number of aliphatic imine (C=N–C) groups is 1. The standard InChI is InChI=1S/C59H97N17O20/c1-10-29(6)46(75-54(91)39(23-33-13-15-34(79)16-14-33)72-51(88)36(12-11-21-64-59(62)63)70-50(87)35(60)17-20-44(84)85)56(93)76-47(31(8)77)57(94)74-45(28(4)5)55(92)67-24-41(81)65-25-42(82)69-37(18-19-40(61)80)52(89)71-38(22-27(2)3)53(90)68-30(7)49(86)66-26-43(83)73-48(32(9)78)58(95)96/h13-16,27-32,35-39,45-48,77-79H,10-12,17-26,60H2,1-9H3,(H2,61,80)(H,65,81)(H,66,86)(H,67,92)(H,68,90)(H,69,82)(H,70,87)(H,71,89)(H,72,88)(H,73,83)(H,74,94)(H,75,91)(H,76,93)(H,84,85)(H,95,96)(H4,62,63,64)/t29-,30-,31+,32+,35-,36-,37-,38-,39-,45-,46-,47-,48-/m0/s1. The lowest BCUT2D eigenvalue weighted by Crippen LogP contribution is -2.63. The number of carbonyl (C=O) groups excluding carboxylic acids is 13. The lowest BCUT2D eigenvalue weighted by molar-refractivity contribution is -0.144. The van der Waals surface area contributed by atoms with Crippen molar-refractivity contribution in [3.8, 4) is 5.75 Å². The van der Waals surface area contributed by atoms with E-state index in [9.17, 15) is 92.3 Å². The van der Waals surface area contributed by atoms with Crippen molar-refractivity contribution in [3.05, 3.63) is 29.8 Å². The molecule has 0 unspecified atom stereocenters. The highest BCUT2D eigenvalue weighted by Crippen LogP contribution is 2.16. The van der Waals surface area contributed by atoms with Crippen LogP contribution in [0.2, 0.25) is 0 Å². The molecule has 96 heavy (non-hydrogen) atoms. The van der Waals surface area contributed by atoms with Gasteiger partial charge in [-0.15, -0.1) is 0 Å². The van der Waals surface area contributed by atoms with Crippen LogP contribution in [0.5, 0.6) is 5.75 Å². The summed E-state index contributed by atoms with van der Waals surface area (Å²) in [6.07, 6.45) is -4.70. The molecule has 37 heteroatoms. The first-order valence-corrected chi connectivity index (χ1v) is 31.0. The molecular formula is C59H97N17O20. The Morgan fingerprint density at radius 1 is 0.490 bits per heavy atom. The van der Waals surface area contributed by atoms with Crippen molar-refractivity contribution in [2.75, 3.05) is 26.2 Å². The van der Waals surface area contributed by atoms with E-state index in [4.69, 9.17) is 28.0 Å². The monoisotopic (exact) mass is 1360 g/mol. The van der Waals surface area contributed by atoms with E-state index in [0.29, 0.717) is 5.56 Å². The molecule has 25 N–H and O–H groups in total. The van der Waals surface area contributed by atoms with E-state index in [1.165, 1.54) is 45.0 Å². The number of carbonyl (C=O) groups is 15. The first kappa shape index (κ1) is 84.2. The van der Waals surface area contributed by atoms with Gasteiger partial charge in [0.25, 0.3) is 0 Å². The molecule has 0 aromatic heterocycles. The zero-order chi connectivity index (χ0) is 73.3. The zero-order valence-corrected chi connectivity index (χ0v) is 55.3. The van der Waals surface area contributed by atoms with Crippen LogP contribution in [0.1, 0.15) is 119 Å². The topological polar surface area (TPSA) is 618 Å². The summed E-state index contributed by atoms with van der Waals surface area (Å²) in [5.74, 6) is -17.1. The number of primary amides is 1. The number of guanidine groups is 1. The van der Waals surface area contributed by atoms with Crippen LogP contribution in [0.4, 0.5) is 0 Å². The van der Waals surface area contributed by atoms with Crippen LogP contribution >= 0.6 is 0 Å². The van der Waals surface area contributed by atoms with Crippen LogP contribution in [0.25, 0.3) is 0 Å². The summed E-state index contributed by atoms with van der Waals surface area (Å²) < 4.78 is 0. The van der Waals surface area contributed by atoms with E-state index in [1.807, 2.05) is 5.32 Å². The molecule has 1 aromatic carbocycles. The minimum atomic E-state index is -1.79. The predicted octanol–water partition coefficient (Wildman–Crippen LogP) is -7.23. The molecule has 0 aliphatic carbocycles. The molecule has 13 atom stereocenters. The van der Waals surface area contributed by atoms with Crippen molar-refractivity contribution >= 4 is 94.7 Å². The molecule has 0 fully saturated rings. The number of aliphatic hydroxyl groups is 2. The molecular weight excluding hydrogens is 1270 g/mol. The molecule has 538 valence electrons. The molecule has 0 spiro atoms. The number of aliphatic carboxylic acids is 2. The van der Waals surface area contributed by atoms with E-state index < -0.39 is 206 Å². The SMILES string of the molecule is CC[C@H](C)[C@H](NC(=O)[C@H](Cc1ccc(O)cc1)NC(=O)[C@H](CCCN=C(N)N)NC(=O)[C@@H](N)CCC(=O)O)C(=O)N[C@H](C(=O)N[C@H](C(=O)NCC(=O)NCC(=O)N[C@@H](CCC(N)=O)C(=O)N[C@@H](CC(C)C)C(=O)N[C@@H](C)C(=O)NCC(=O)N[C@H](C(=O)O)[C@@H](C)O)C(C)C)[C@@H](C)O. The van der Waals surface area contributed by atoms with Gasteiger partial charge in [-0.2, -0.15) is 0 Å². The second-order valence-corrected chi connectivity index (χ2v) is 23.7. The molecule has 0 aliphatic heterocycles. The summed E-state index contributed by atoms with van der Waals surface area (Å²) in [7, 11) is 0.